The van der Waals surface area contributed by atoms with E-state index >= 15 is 0 Å². The van der Waals surface area contributed by atoms with Crippen molar-refractivity contribution in [3.05, 3.63) is 108 Å². The molecule has 0 bridgehead atoms. The summed E-state index contributed by atoms with van der Waals surface area (Å²) >= 11 is 0. The molecule has 1 aromatic heterocycles. The van der Waals surface area contributed by atoms with Crippen molar-refractivity contribution in [2.45, 2.75) is 19.8 Å². The molecule has 0 aliphatic carbocycles. The Labute approximate surface area is 182 Å². The molecule has 0 saturated carbocycles. The molecule has 5 heteroatoms. The van der Waals surface area contributed by atoms with Gasteiger partial charge in [-0.05, 0) is 31.0 Å². The largest absolute Gasteiger partial charge is 0.339 e. The van der Waals surface area contributed by atoms with E-state index in [1.807, 2.05) is 84.6 Å². The van der Waals surface area contributed by atoms with Crippen molar-refractivity contribution in [2.24, 2.45) is 0 Å². The first-order valence-corrected chi connectivity index (χ1v) is 10.5. The van der Waals surface area contributed by atoms with Crippen LogP contribution in [0.15, 0.2) is 89.5 Å². The lowest BCUT2D eigenvalue weighted by Crippen LogP contribution is -2.34. The molecule has 0 aliphatic heterocycles. The lowest BCUT2D eigenvalue weighted by Gasteiger charge is -2.22. The zero-order valence-electron chi connectivity index (χ0n) is 17.6. The number of benzene rings is 3. The van der Waals surface area contributed by atoms with Gasteiger partial charge < -0.3 is 9.42 Å². The summed E-state index contributed by atoms with van der Waals surface area (Å²) in [6.07, 6.45) is 1.30. The highest BCUT2D eigenvalue weighted by atomic mass is 16.5. The molecule has 31 heavy (non-hydrogen) atoms. The summed E-state index contributed by atoms with van der Waals surface area (Å²) in [7, 11) is 0. The van der Waals surface area contributed by atoms with Crippen molar-refractivity contribution in [1.29, 1.82) is 0 Å². The van der Waals surface area contributed by atoms with E-state index in [1.54, 1.807) is 0 Å². The molecule has 0 spiro atoms. The number of hydrogen-bond acceptors (Lipinski definition) is 4. The van der Waals surface area contributed by atoms with Gasteiger partial charge in [0, 0.05) is 30.6 Å². The first kappa shape index (κ1) is 20.5. The van der Waals surface area contributed by atoms with Gasteiger partial charge in [0.15, 0.2) is 0 Å². The van der Waals surface area contributed by atoms with Crippen LogP contribution < -0.4 is 0 Å². The zero-order valence-corrected chi connectivity index (χ0v) is 17.6. The Balaban J connectivity index is 1.45. The van der Waals surface area contributed by atoms with Crippen LogP contribution in [-0.2, 0) is 12.8 Å². The highest BCUT2D eigenvalue weighted by molar-refractivity contribution is 5.94. The summed E-state index contributed by atoms with van der Waals surface area (Å²) < 4.78 is 5.45. The molecule has 0 saturated heterocycles. The fourth-order valence-corrected chi connectivity index (χ4v) is 3.39. The van der Waals surface area contributed by atoms with Crippen molar-refractivity contribution in [3.8, 4) is 11.4 Å². The minimum absolute atomic E-state index is 0.00908. The maximum absolute atomic E-state index is 13.1. The van der Waals surface area contributed by atoms with Crippen molar-refractivity contribution in [3.63, 3.8) is 0 Å². The standard InChI is InChI=1S/C26H25N3O2/c1-20-12-14-22(15-13-20)25-27-24(31-28-25)17-19-29(18-16-21-8-4-2-5-9-21)26(30)23-10-6-3-7-11-23/h2-15H,16-19H2,1H3. The highest BCUT2D eigenvalue weighted by Crippen LogP contribution is 2.17. The fourth-order valence-electron chi connectivity index (χ4n) is 3.39. The van der Waals surface area contributed by atoms with E-state index in [4.69, 9.17) is 4.52 Å². The third-order valence-corrected chi connectivity index (χ3v) is 5.19. The monoisotopic (exact) mass is 411 g/mol. The molecule has 0 atom stereocenters. The normalized spacial score (nSPS) is 10.7. The van der Waals surface area contributed by atoms with Crippen molar-refractivity contribution in [2.75, 3.05) is 13.1 Å². The Morgan fingerprint density at radius 3 is 2.19 bits per heavy atom. The van der Waals surface area contributed by atoms with Gasteiger partial charge in [0.25, 0.3) is 5.91 Å². The predicted molar refractivity (Wildman–Crippen MR) is 121 cm³/mol. The van der Waals surface area contributed by atoms with E-state index in [-0.39, 0.29) is 5.91 Å². The molecule has 0 radical (unpaired) electrons. The summed E-state index contributed by atoms with van der Waals surface area (Å²) in [5, 5.41) is 4.10. The predicted octanol–water partition coefficient (Wildman–Crippen LogP) is 4.97. The van der Waals surface area contributed by atoms with Crippen molar-refractivity contribution in [1.82, 2.24) is 15.0 Å². The average molecular weight is 412 g/mol. The Morgan fingerprint density at radius 1 is 0.839 bits per heavy atom. The van der Waals surface area contributed by atoms with Crippen molar-refractivity contribution >= 4 is 5.91 Å². The van der Waals surface area contributed by atoms with Gasteiger partial charge in [-0.25, -0.2) is 0 Å². The minimum Gasteiger partial charge on any atom is -0.339 e. The maximum Gasteiger partial charge on any atom is 0.253 e. The molecular formula is C26H25N3O2. The van der Waals surface area contributed by atoms with Gasteiger partial charge >= 0.3 is 0 Å². The molecule has 0 fully saturated rings. The second kappa shape index (κ2) is 9.85. The molecule has 3 aromatic carbocycles. The Bertz CT molecular complexity index is 1110. The molecule has 156 valence electrons. The van der Waals surface area contributed by atoms with E-state index < -0.39 is 0 Å². The number of nitrogens with zero attached hydrogens (tertiary/aromatic N) is 3. The van der Waals surface area contributed by atoms with Gasteiger partial charge in [0.05, 0.1) is 0 Å². The lowest BCUT2D eigenvalue weighted by molar-refractivity contribution is 0.0756. The Morgan fingerprint density at radius 2 is 1.48 bits per heavy atom. The second-order valence-electron chi connectivity index (χ2n) is 7.52. The summed E-state index contributed by atoms with van der Waals surface area (Å²) in [6, 6.07) is 27.6. The highest BCUT2D eigenvalue weighted by Gasteiger charge is 2.17. The van der Waals surface area contributed by atoms with Gasteiger partial charge in [-0.3, -0.25) is 4.79 Å². The minimum atomic E-state index is 0.00908. The number of aryl methyl sites for hydroxylation is 1. The van der Waals surface area contributed by atoms with Crippen LogP contribution in [0.5, 0.6) is 0 Å². The van der Waals surface area contributed by atoms with E-state index in [9.17, 15) is 4.79 Å². The third-order valence-electron chi connectivity index (χ3n) is 5.19. The zero-order chi connectivity index (χ0) is 21.5. The summed E-state index contributed by atoms with van der Waals surface area (Å²) in [6.45, 7) is 3.17. The van der Waals surface area contributed by atoms with Crippen LogP contribution in [0, 0.1) is 6.92 Å². The molecule has 0 unspecified atom stereocenters. The number of carbonyl (C=O) groups excluding carboxylic acids is 1. The van der Waals surface area contributed by atoms with Gasteiger partial charge in [-0.15, -0.1) is 0 Å². The first-order valence-electron chi connectivity index (χ1n) is 10.5. The SMILES string of the molecule is Cc1ccc(-c2noc(CCN(CCc3ccccc3)C(=O)c3ccccc3)n2)cc1. The summed E-state index contributed by atoms with van der Waals surface area (Å²) in [4.78, 5) is 19.5. The number of aromatic nitrogens is 2. The van der Waals surface area contributed by atoms with Crippen LogP contribution in [0.1, 0.15) is 27.4 Å². The second-order valence-corrected chi connectivity index (χ2v) is 7.52. The number of rotatable bonds is 8. The fraction of sp³-hybridized carbons (Fsp3) is 0.192. The molecule has 0 aliphatic rings. The third kappa shape index (κ3) is 5.45. The van der Waals surface area contributed by atoms with Gasteiger partial charge in [0.2, 0.25) is 11.7 Å². The molecule has 0 N–H and O–H groups in total. The van der Waals surface area contributed by atoms with E-state index in [1.165, 1.54) is 11.1 Å². The van der Waals surface area contributed by atoms with E-state index in [0.717, 1.165) is 12.0 Å². The molecular weight excluding hydrogens is 386 g/mol. The lowest BCUT2D eigenvalue weighted by atomic mass is 10.1. The first-order chi connectivity index (χ1) is 15.2. The van der Waals surface area contributed by atoms with Gasteiger partial charge in [-0.2, -0.15) is 4.98 Å². The molecule has 1 amide bonds. The smallest absolute Gasteiger partial charge is 0.253 e. The van der Waals surface area contributed by atoms with Gasteiger partial charge in [-0.1, -0.05) is 83.5 Å². The van der Waals surface area contributed by atoms with Crippen LogP contribution in [-0.4, -0.2) is 34.0 Å². The quantitative estimate of drug-likeness (QED) is 0.411. The van der Waals surface area contributed by atoms with Crippen LogP contribution >= 0.6 is 0 Å². The Hall–Kier alpha value is -3.73. The topological polar surface area (TPSA) is 59.2 Å². The molecule has 4 aromatic rings. The molecule has 1 heterocycles. The number of hydrogen-bond donors (Lipinski definition) is 0. The number of amides is 1. The average Bonchev–Trinajstić information content (AvgIpc) is 3.29. The van der Waals surface area contributed by atoms with Crippen molar-refractivity contribution < 1.29 is 9.32 Å². The van der Waals surface area contributed by atoms with Crippen LogP contribution in [0.25, 0.3) is 11.4 Å². The maximum atomic E-state index is 13.1. The van der Waals surface area contributed by atoms with Gasteiger partial charge in [0.1, 0.15) is 0 Å². The summed E-state index contributed by atoms with van der Waals surface area (Å²) in [5.41, 5.74) is 3.98. The number of carbonyl (C=O) groups is 1. The van der Waals surface area contributed by atoms with E-state index in [2.05, 4.69) is 22.3 Å². The molecule has 4 rings (SSSR count). The van der Waals surface area contributed by atoms with Crippen LogP contribution in [0.2, 0.25) is 0 Å². The Kier molecular flexibility index (Phi) is 6.53. The van der Waals surface area contributed by atoms with Crippen LogP contribution in [0.4, 0.5) is 0 Å². The molecule has 5 nitrogen and oxygen atoms in total. The van der Waals surface area contributed by atoms with E-state index in [0.29, 0.717) is 36.8 Å². The van der Waals surface area contributed by atoms with Crippen LogP contribution in [0.3, 0.4) is 0 Å². The summed E-state index contributed by atoms with van der Waals surface area (Å²) in [5.74, 6) is 1.11.